The van der Waals surface area contributed by atoms with Gasteiger partial charge < -0.3 is 0 Å². The zero-order valence-corrected chi connectivity index (χ0v) is 8.70. The summed E-state index contributed by atoms with van der Waals surface area (Å²) in [6.07, 6.45) is 3.37. The molecular weight excluding hydrogens is 208 g/mol. The fourth-order valence-electron chi connectivity index (χ4n) is 1.29. The molecule has 0 radical (unpaired) electrons. The predicted octanol–water partition coefficient (Wildman–Crippen LogP) is 3.15. The number of halogens is 1. The molecule has 15 heavy (non-hydrogen) atoms. The highest BCUT2D eigenvalue weighted by molar-refractivity contribution is 6.30. The summed E-state index contributed by atoms with van der Waals surface area (Å²) in [5.41, 5.74) is 2.10. The molecule has 1 aromatic carbocycles. The number of nitrogens with zero attached hydrogens (tertiary/aromatic N) is 1. The lowest BCUT2D eigenvalue weighted by Crippen LogP contribution is -2.00. The van der Waals surface area contributed by atoms with Crippen molar-refractivity contribution in [3.05, 3.63) is 64.9 Å². The first-order valence-corrected chi connectivity index (χ1v) is 4.90. The summed E-state index contributed by atoms with van der Waals surface area (Å²) >= 11 is 5.78. The van der Waals surface area contributed by atoms with Gasteiger partial charge in [-0.05, 0) is 24.3 Å². The molecule has 0 fully saturated rings. The number of aromatic nitrogens is 1. The Morgan fingerprint density at radius 2 is 1.80 bits per heavy atom. The Bertz CT molecular complexity index is 463. The molecule has 2 aromatic rings. The lowest BCUT2D eigenvalue weighted by atomic mass is 10.0. The van der Waals surface area contributed by atoms with Crippen molar-refractivity contribution in [3.8, 4) is 0 Å². The largest absolute Gasteiger partial charge is 0.300 e. The molecule has 0 aliphatic heterocycles. The molecule has 74 valence electrons. The normalized spacial score (nSPS) is 9.93. The average molecular weight is 217 g/mol. The predicted molar refractivity (Wildman–Crippen MR) is 61.6 cm³/mol. The standard InChI is InChI=1S/C12H9ClN2/c13-11-5-3-9(4-6-11)12(14)10-2-1-7-15-8-10/h1-8,14H. The molecule has 0 bridgehead atoms. The van der Waals surface area contributed by atoms with E-state index in [-0.39, 0.29) is 0 Å². The van der Waals surface area contributed by atoms with Crippen molar-refractivity contribution in [2.75, 3.05) is 0 Å². The van der Waals surface area contributed by atoms with Gasteiger partial charge in [0.2, 0.25) is 0 Å². The molecule has 0 aliphatic carbocycles. The van der Waals surface area contributed by atoms with Crippen LogP contribution >= 0.6 is 11.6 Å². The van der Waals surface area contributed by atoms with Crippen LogP contribution in [-0.4, -0.2) is 10.7 Å². The molecule has 0 saturated heterocycles. The molecule has 1 N–H and O–H groups in total. The zero-order valence-electron chi connectivity index (χ0n) is 7.94. The second-order valence-corrected chi connectivity index (χ2v) is 3.56. The van der Waals surface area contributed by atoms with Crippen LogP contribution < -0.4 is 0 Å². The van der Waals surface area contributed by atoms with Gasteiger partial charge in [-0.3, -0.25) is 10.4 Å². The Labute approximate surface area is 93.1 Å². The van der Waals surface area contributed by atoms with Gasteiger partial charge in [0.15, 0.2) is 0 Å². The molecule has 1 aromatic heterocycles. The minimum absolute atomic E-state index is 0.458. The minimum atomic E-state index is 0.458. The van der Waals surface area contributed by atoms with Gasteiger partial charge in [-0.25, -0.2) is 0 Å². The van der Waals surface area contributed by atoms with Gasteiger partial charge in [-0.1, -0.05) is 23.7 Å². The highest BCUT2D eigenvalue weighted by Gasteiger charge is 2.03. The van der Waals surface area contributed by atoms with Crippen molar-refractivity contribution in [2.24, 2.45) is 0 Å². The maximum absolute atomic E-state index is 7.96. The van der Waals surface area contributed by atoms with Crippen molar-refractivity contribution >= 4 is 17.3 Å². The molecule has 1 heterocycles. The topological polar surface area (TPSA) is 36.7 Å². The van der Waals surface area contributed by atoms with E-state index in [1.54, 1.807) is 24.5 Å². The third-order valence-electron chi connectivity index (χ3n) is 2.08. The van der Waals surface area contributed by atoms with Crippen LogP contribution in [0.15, 0.2) is 48.8 Å². The van der Waals surface area contributed by atoms with E-state index in [1.165, 1.54) is 0 Å². The second kappa shape index (κ2) is 4.24. The SMILES string of the molecule is N=C(c1ccc(Cl)cc1)c1cccnc1. The van der Waals surface area contributed by atoms with Crippen LogP contribution in [0.5, 0.6) is 0 Å². The molecular formula is C12H9ClN2. The molecule has 2 nitrogen and oxygen atoms in total. The summed E-state index contributed by atoms with van der Waals surface area (Å²) in [7, 11) is 0. The van der Waals surface area contributed by atoms with Crippen molar-refractivity contribution < 1.29 is 0 Å². The number of pyridine rings is 1. The Hall–Kier alpha value is -1.67. The first-order chi connectivity index (χ1) is 7.27. The van der Waals surface area contributed by atoms with E-state index in [1.807, 2.05) is 24.3 Å². The Balaban J connectivity index is 2.33. The highest BCUT2D eigenvalue weighted by atomic mass is 35.5. The summed E-state index contributed by atoms with van der Waals surface area (Å²) in [6.45, 7) is 0. The molecule has 0 atom stereocenters. The number of benzene rings is 1. The van der Waals surface area contributed by atoms with Crippen LogP contribution in [0.1, 0.15) is 11.1 Å². The quantitative estimate of drug-likeness (QED) is 0.770. The van der Waals surface area contributed by atoms with E-state index in [4.69, 9.17) is 17.0 Å². The molecule has 2 rings (SSSR count). The smallest absolute Gasteiger partial charge is 0.0700 e. The van der Waals surface area contributed by atoms with Gasteiger partial charge in [0.05, 0.1) is 5.71 Å². The summed E-state index contributed by atoms with van der Waals surface area (Å²) in [4.78, 5) is 3.98. The van der Waals surface area contributed by atoms with Crippen LogP contribution in [0.4, 0.5) is 0 Å². The van der Waals surface area contributed by atoms with E-state index in [0.717, 1.165) is 11.1 Å². The highest BCUT2D eigenvalue weighted by Crippen LogP contribution is 2.12. The van der Waals surface area contributed by atoms with Crippen LogP contribution in [0.25, 0.3) is 0 Å². The van der Waals surface area contributed by atoms with E-state index >= 15 is 0 Å². The summed E-state index contributed by atoms with van der Waals surface area (Å²) in [5.74, 6) is 0. The number of nitrogens with one attached hydrogen (secondary N) is 1. The number of hydrogen-bond acceptors (Lipinski definition) is 2. The number of rotatable bonds is 2. The van der Waals surface area contributed by atoms with Crippen molar-refractivity contribution in [2.45, 2.75) is 0 Å². The molecule has 3 heteroatoms. The summed E-state index contributed by atoms with van der Waals surface area (Å²) < 4.78 is 0. The van der Waals surface area contributed by atoms with Crippen molar-refractivity contribution in [1.82, 2.24) is 4.98 Å². The maximum Gasteiger partial charge on any atom is 0.0700 e. The third-order valence-corrected chi connectivity index (χ3v) is 2.34. The Morgan fingerprint density at radius 1 is 1.07 bits per heavy atom. The van der Waals surface area contributed by atoms with E-state index in [2.05, 4.69) is 4.98 Å². The van der Waals surface area contributed by atoms with Crippen LogP contribution in [0, 0.1) is 5.41 Å². The van der Waals surface area contributed by atoms with Gasteiger partial charge in [0.25, 0.3) is 0 Å². The van der Waals surface area contributed by atoms with Gasteiger partial charge >= 0.3 is 0 Å². The van der Waals surface area contributed by atoms with Gasteiger partial charge in [0.1, 0.15) is 0 Å². The third kappa shape index (κ3) is 2.22. The first kappa shape index (κ1) is 9.87. The fraction of sp³-hybridized carbons (Fsp3) is 0. The fourth-order valence-corrected chi connectivity index (χ4v) is 1.42. The van der Waals surface area contributed by atoms with Gasteiger partial charge in [-0.2, -0.15) is 0 Å². The van der Waals surface area contributed by atoms with E-state index in [9.17, 15) is 0 Å². The minimum Gasteiger partial charge on any atom is -0.300 e. The molecule has 0 saturated carbocycles. The molecule has 0 amide bonds. The van der Waals surface area contributed by atoms with Crippen LogP contribution in [-0.2, 0) is 0 Å². The summed E-state index contributed by atoms with van der Waals surface area (Å²) in [6, 6.07) is 10.9. The van der Waals surface area contributed by atoms with Crippen LogP contribution in [0.3, 0.4) is 0 Å². The Morgan fingerprint density at radius 3 is 2.40 bits per heavy atom. The van der Waals surface area contributed by atoms with Crippen molar-refractivity contribution in [3.63, 3.8) is 0 Å². The first-order valence-electron chi connectivity index (χ1n) is 4.52. The van der Waals surface area contributed by atoms with Crippen LogP contribution in [0.2, 0.25) is 5.02 Å². The second-order valence-electron chi connectivity index (χ2n) is 3.12. The zero-order chi connectivity index (χ0) is 10.7. The lowest BCUT2D eigenvalue weighted by Gasteiger charge is -2.03. The van der Waals surface area contributed by atoms with Gasteiger partial charge in [-0.15, -0.1) is 0 Å². The summed E-state index contributed by atoms with van der Waals surface area (Å²) in [5, 5.41) is 8.64. The monoisotopic (exact) mass is 216 g/mol. The molecule has 0 unspecified atom stereocenters. The van der Waals surface area contributed by atoms with E-state index < -0.39 is 0 Å². The maximum atomic E-state index is 7.96. The van der Waals surface area contributed by atoms with Gasteiger partial charge in [0, 0.05) is 28.5 Å². The lowest BCUT2D eigenvalue weighted by molar-refractivity contribution is 1.30. The average Bonchev–Trinajstić information content (AvgIpc) is 2.30. The molecule has 0 aliphatic rings. The van der Waals surface area contributed by atoms with E-state index in [0.29, 0.717) is 10.7 Å². The Kier molecular flexibility index (Phi) is 2.79. The number of hydrogen-bond donors (Lipinski definition) is 1. The molecule has 0 spiro atoms. The van der Waals surface area contributed by atoms with Crippen molar-refractivity contribution in [1.29, 1.82) is 5.41 Å².